The number of anilines is 1. The molecule has 1 N–H and O–H groups in total. The number of aromatic nitrogens is 3. The van der Waals surface area contributed by atoms with E-state index >= 15 is 0 Å². The minimum absolute atomic E-state index is 0.00963. The van der Waals surface area contributed by atoms with Gasteiger partial charge in [-0.3, -0.25) is 24.6 Å². The second-order valence-corrected chi connectivity index (χ2v) is 5.62. The molecule has 0 spiro atoms. The third kappa shape index (κ3) is 3.95. The third-order valence-corrected chi connectivity index (χ3v) is 3.51. The summed E-state index contributed by atoms with van der Waals surface area (Å²) in [6.45, 7) is 0. The summed E-state index contributed by atoms with van der Waals surface area (Å²) < 4.78 is 6.95. The summed E-state index contributed by atoms with van der Waals surface area (Å²) in [5, 5.41) is 17.8. The van der Waals surface area contributed by atoms with Gasteiger partial charge >= 0.3 is 0 Å². The van der Waals surface area contributed by atoms with Crippen LogP contribution in [0.15, 0.2) is 48.9 Å². The van der Waals surface area contributed by atoms with Crippen molar-refractivity contribution >= 4 is 28.9 Å². The van der Waals surface area contributed by atoms with Crippen molar-refractivity contribution in [2.45, 2.75) is 0 Å². The number of nitrogens with one attached hydrogen (secondary N) is 1. The van der Waals surface area contributed by atoms with E-state index in [-0.39, 0.29) is 27.8 Å². The van der Waals surface area contributed by atoms with Gasteiger partial charge in [-0.1, -0.05) is 11.6 Å². The van der Waals surface area contributed by atoms with Crippen LogP contribution in [-0.4, -0.2) is 25.6 Å². The number of nitro groups is 1. The quantitative estimate of drug-likeness (QED) is 0.541. The van der Waals surface area contributed by atoms with Gasteiger partial charge in [0.2, 0.25) is 0 Å². The monoisotopic (exact) mass is 373 g/mol. The number of carbonyl (C=O) groups excluding carboxylic acids is 1. The van der Waals surface area contributed by atoms with Crippen LogP contribution in [0.1, 0.15) is 10.5 Å². The van der Waals surface area contributed by atoms with Crippen molar-refractivity contribution in [3.8, 4) is 11.5 Å². The van der Waals surface area contributed by atoms with Gasteiger partial charge < -0.3 is 10.1 Å². The van der Waals surface area contributed by atoms with Crippen molar-refractivity contribution in [2.24, 2.45) is 7.05 Å². The van der Waals surface area contributed by atoms with E-state index in [4.69, 9.17) is 16.3 Å². The second kappa shape index (κ2) is 7.19. The molecule has 132 valence electrons. The number of carbonyl (C=O) groups is 1. The highest BCUT2D eigenvalue weighted by molar-refractivity contribution is 6.34. The minimum atomic E-state index is -0.594. The molecule has 0 atom stereocenters. The van der Waals surface area contributed by atoms with E-state index in [2.05, 4.69) is 15.4 Å². The van der Waals surface area contributed by atoms with Gasteiger partial charge in [0.05, 0.1) is 27.9 Å². The SMILES string of the molecule is Cn1cc(Cl)c(C(=O)Nc2cc(Oc3cccnc3)cc([N+](=O)[O-])c2)n1. The molecule has 1 aromatic carbocycles. The molecule has 0 bridgehead atoms. The lowest BCUT2D eigenvalue weighted by Gasteiger charge is -2.08. The normalized spacial score (nSPS) is 10.4. The lowest BCUT2D eigenvalue weighted by molar-refractivity contribution is -0.384. The Hall–Kier alpha value is -3.46. The predicted octanol–water partition coefficient (Wildman–Crippen LogP) is 3.42. The number of halogens is 1. The maximum absolute atomic E-state index is 12.3. The second-order valence-electron chi connectivity index (χ2n) is 5.22. The highest BCUT2D eigenvalue weighted by Crippen LogP contribution is 2.30. The highest BCUT2D eigenvalue weighted by atomic mass is 35.5. The van der Waals surface area contributed by atoms with Crippen LogP contribution in [0.25, 0.3) is 0 Å². The number of pyridine rings is 1. The Morgan fingerprint density at radius 1 is 1.35 bits per heavy atom. The number of ether oxygens (including phenoxy) is 1. The standard InChI is InChI=1S/C16H12ClN5O4/c1-21-9-14(17)15(20-21)16(23)19-10-5-11(22(24)25)7-13(6-10)26-12-3-2-4-18-8-12/h2-9H,1H3,(H,19,23). The Morgan fingerprint density at radius 3 is 2.77 bits per heavy atom. The fraction of sp³-hybridized carbons (Fsp3) is 0.0625. The Labute approximate surface area is 152 Å². The fourth-order valence-corrected chi connectivity index (χ4v) is 2.43. The van der Waals surface area contributed by atoms with E-state index in [1.807, 2.05) is 0 Å². The number of hydrogen-bond donors (Lipinski definition) is 1. The van der Waals surface area contributed by atoms with Gasteiger partial charge in [-0.2, -0.15) is 5.10 Å². The van der Waals surface area contributed by atoms with Crippen LogP contribution in [0.4, 0.5) is 11.4 Å². The molecule has 0 saturated carbocycles. The van der Waals surface area contributed by atoms with Crippen LogP contribution in [0.5, 0.6) is 11.5 Å². The average Bonchev–Trinajstić information content (AvgIpc) is 2.94. The van der Waals surface area contributed by atoms with Gasteiger partial charge in [0.15, 0.2) is 5.69 Å². The first-order chi connectivity index (χ1) is 12.4. The molecule has 2 heterocycles. The summed E-state index contributed by atoms with van der Waals surface area (Å²) in [5.41, 5.74) is -0.0611. The number of nitro benzene ring substituents is 1. The van der Waals surface area contributed by atoms with Crippen molar-refractivity contribution in [3.05, 3.63) is 69.8 Å². The molecule has 0 aliphatic rings. The van der Waals surface area contributed by atoms with E-state index in [0.717, 1.165) is 0 Å². The maximum Gasteiger partial charge on any atom is 0.277 e. The summed E-state index contributed by atoms with van der Waals surface area (Å²) in [6.07, 6.45) is 4.51. The van der Waals surface area contributed by atoms with Crippen LogP contribution in [0.2, 0.25) is 5.02 Å². The topological polar surface area (TPSA) is 112 Å². The lowest BCUT2D eigenvalue weighted by atomic mass is 10.2. The zero-order valence-corrected chi connectivity index (χ0v) is 14.2. The molecule has 0 aliphatic carbocycles. The number of benzene rings is 1. The first kappa shape index (κ1) is 17.4. The van der Waals surface area contributed by atoms with Crippen molar-refractivity contribution in [1.29, 1.82) is 0 Å². The smallest absolute Gasteiger partial charge is 0.277 e. The Balaban J connectivity index is 1.89. The van der Waals surface area contributed by atoms with E-state index < -0.39 is 10.8 Å². The summed E-state index contributed by atoms with van der Waals surface area (Å²) in [6, 6.07) is 7.23. The van der Waals surface area contributed by atoms with Crippen molar-refractivity contribution in [3.63, 3.8) is 0 Å². The van der Waals surface area contributed by atoms with Gasteiger partial charge in [-0.25, -0.2) is 0 Å². The molecule has 9 nitrogen and oxygen atoms in total. The zero-order valence-electron chi connectivity index (χ0n) is 13.4. The van der Waals surface area contributed by atoms with Gasteiger partial charge in [0.25, 0.3) is 11.6 Å². The molecular formula is C16H12ClN5O4. The Morgan fingerprint density at radius 2 is 2.15 bits per heavy atom. The van der Waals surface area contributed by atoms with E-state index in [0.29, 0.717) is 5.75 Å². The molecule has 0 aliphatic heterocycles. The number of amides is 1. The van der Waals surface area contributed by atoms with E-state index in [1.165, 1.54) is 35.3 Å². The number of hydrogen-bond acceptors (Lipinski definition) is 6. The third-order valence-electron chi connectivity index (χ3n) is 3.23. The summed E-state index contributed by atoms with van der Waals surface area (Å²) in [7, 11) is 1.62. The largest absolute Gasteiger partial charge is 0.455 e. The van der Waals surface area contributed by atoms with Gasteiger partial charge in [-0.15, -0.1) is 0 Å². The predicted molar refractivity (Wildman–Crippen MR) is 93.6 cm³/mol. The molecule has 1 amide bonds. The first-order valence-corrected chi connectivity index (χ1v) is 7.68. The Kier molecular flexibility index (Phi) is 4.81. The fourth-order valence-electron chi connectivity index (χ4n) is 2.17. The van der Waals surface area contributed by atoms with Crippen LogP contribution < -0.4 is 10.1 Å². The molecular weight excluding hydrogens is 362 g/mol. The lowest BCUT2D eigenvalue weighted by Crippen LogP contribution is -2.13. The van der Waals surface area contributed by atoms with Crippen molar-refractivity contribution in [2.75, 3.05) is 5.32 Å². The van der Waals surface area contributed by atoms with E-state index in [9.17, 15) is 14.9 Å². The summed E-state index contributed by atoms with van der Waals surface area (Å²) >= 11 is 5.94. The maximum atomic E-state index is 12.3. The van der Waals surface area contributed by atoms with Gasteiger partial charge in [-0.05, 0) is 12.1 Å². The number of nitrogens with zero attached hydrogens (tertiary/aromatic N) is 4. The van der Waals surface area contributed by atoms with Crippen LogP contribution >= 0.6 is 11.6 Å². The zero-order chi connectivity index (χ0) is 18.7. The summed E-state index contributed by atoms with van der Waals surface area (Å²) in [5.74, 6) is -0.0175. The number of aryl methyl sites for hydroxylation is 1. The van der Waals surface area contributed by atoms with Crippen molar-refractivity contribution < 1.29 is 14.5 Å². The minimum Gasteiger partial charge on any atom is -0.455 e. The molecule has 10 heteroatoms. The van der Waals surface area contributed by atoms with Crippen LogP contribution in [-0.2, 0) is 7.05 Å². The molecule has 0 saturated heterocycles. The van der Waals surface area contributed by atoms with Crippen LogP contribution in [0.3, 0.4) is 0 Å². The van der Waals surface area contributed by atoms with Gasteiger partial charge in [0, 0.05) is 31.6 Å². The highest BCUT2D eigenvalue weighted by Gasteiger charge is 2.18. The molecule has 26 heavy (non-hydrogen) atoms. The molecule has 2 aromatic heterocycles. The molecule has 3 aromatic rings. The van der Waals surface area contributed by atoms with Crippen molar-refractivity contribution in [1.82, 2.24) is 14.8 Å². The molecule has 0 fully saturated rings. The average molecular weight is 374 g/mol. The first-order valence-electron chi connectivity index (χ1n) is 7.30. The van der Waals surface area contributed by atoms with Gasteiger partial charge in [0.1, 0.15) is 11.5 Å². The van der Waals surface area contributed by atoms with E-state index in [1.54, 1.807) is 25.4 Å². The van der Waals surface area contributed by atoms with Crippen LogP contribution in [0, 0.1) is 10.1 Å². The molecule has 0 radical (unpaired) electrons. The number of rotatable bonds is 5. The Bertz CT molecular complexity index is 974. The summed E-state index contributed by atoms with van der Waals surface area (Å²) in [4.78, 5) is 26.8. The molecule has 3 rings (SSSR count). The number of non-ortho nitro benzene ring substituents is 1. The molecule has 0 unspecified atom stereocenters.